The second kappa shape index (κ2) is 8.18. The molecule has 2 aromatic rings. The molecule has 0 saturated carbocycles. The average Bonchev–Trinajstić information content (AvgIpc) is 2.59. The lowest BCUT2D eigenvalue weighted by atomic mass is 10.2. The molecule has 26 heavy (non-hydrogen) atoms. The summed E-state index contributed by atoms with van der Waals surface area (Å²) in [6, 6.07) is 11.2. The summed E-state index contributed by atoms with van der Waals surface area (Å²) in [5.41, 5.74) is 0.933. The number of benzene rings is 2. The average molecular weight is 380 g/mol. The summed E-state index contributed by atoms with van der Waals surface area (Å²) in [5, 5.41) is 2.69. The predicted molar refractivity (Wildman–Crippen MR) is 98.0 cm³/mol. The number of carbonyl (C=O) groups excluding carboxylic acids is 1. The van der Waals surface area contributed by atoms with Gasteiger partial charge in [0.15, 0.2) is 0 Å². The second-order valence-corrected chi connectivity index (χ2v) is 7.64. The first-order chi connectivity index (χ1) is 12.2. The minimum absolute atomic E-state index is 0.0968. The first kappa shape index (κ1) is 19.7. The Morgan fingerprint density at radius 3 is 2.42 bits per heavy atom. The van der Waals surface area contributed by atoms with E-state index in [0.717, 1.165) is 22.2 Å². The van der Waals surface area contributed by atoms with E-state index in [1.165, 1.54) is 25.1 Å². The number of nitrogens with zero attached hydrogens (tertiary/aromatic N) is 1. The van der Waals surface area contributed by atoms with Gasteiger partial charge in [-0.15, -0.1) is 0 Å². The van der Waals surface area contributed by atoms with Crippen molar-refractivity contribution in [1.29, 1.82) is 0 Å². The quantitative estimate of drug-likeness (QED) is 0.800. The maximum atomic E-state index is 13.5. The van der Waals surface area contributed by atoms with Gasteiger partial charge in [-0.1, -0.05) is 18.2 Å². The van der Waals surface area contributed by atoms with Crippen LogP contribution in [0.15, 0.2) is 48.5 Å². The maximum absolute atomic E-state index is 13.5. The predicted octanol–water partition coefficient (Wildman–Crippen LogP) is 2.31. The summed E-state index contributed by atoms with van der Waals surface area (Å²) in [7, 11) is -2.22. The number of hydrogen-bond acceptors (Lipinski definition) is 4. The van der Waals surface area contributed by atoms with Gasteiger partial charge in [0.25, 0.3) is 0 Å². The Morgan fingerprint density at radius 1 is 1.23 bits per heavy atom. The van der Waals surface area contributed by atoms with Crippen LogP contribution in [0, 0.1) is 5.82 Å². The van der Waals surface area contributed by atoms with Gasteiger partial charge in [-0.2, -0.15) is 0 Å². The maximum Gasteiger partial charge on any atom is 0.243 e. The van der Waals surface area contributed by atoms with Crippen LogP contribution in [-0.2, 0) is 21.4 Å². The van der Waals surface area contributed by atoms with Gasteiger partial charge in [-0.3, -0.25) is 9.10 Å². The molecule has 0 spiro atoms. The Labute approximate surface area is 152 Å². The molecule has 2 aromatic carbocycles. The van der Waals surface area contributed by atoms with Crippen molar-refractivity contribution in [1.82, 2.24) is 5.32 Å². The molecular formula is C18H21FN2O4S. The first-order valence-electron chi connectivity index (χ1n) is 7.88. The van der Waals surface area contributed by atoms with Gasteiger partial charge in [0.05, 0.1) is 19.1 Å². The second-order valence-electron chi connectivity index (χ2n) is 5.78. The summed E-state index contributed by atoms with van der Waals surface area (Å²) in [5.74, 6) is -0.375. The summed E-state index contributed by atoms with van der Waals surface area (Å²) in [6.45, 7) is 1.68. The Hall–Kier alpha value is -2.61. The number of hydrogen-bond donors (Lipinski definition) is 1. The SMILES string of the molecule is COc1ccc(CNC(=O)[C@H](C)N(c2cccc(F)c2)S(C)(=O)=O)cc1. The molecule has 0 unspecified atom stereocenters. The van der Waals surface area contributed by atoms with Gasteiger partial charge in [-0.05, 0) is 42.8 Å². The van der Waals surface area contributed by atoms with Crippen LogP contribution in [0.25, 0.3) is 0 Å². The van der Waals surface area contributed by atoms with Crippen LogP contribution in [0.3, 0.4) is 0 Å². The molecule has 0 radical (unpaired) electrons. The van der Waals surface area contributed by atoms with Crippen molar-refractivity contribution in [2.45, 2.75) is 19.5 Å². The summed E-state index contributed by atoms with van der Waals surface area (Å²) in [6.07, 6.45) is 0.977. The summed E-state index contributed by atoms with van der Waals surface area (Å²) in [4.78, 5) is 12.5. The Kier molecular flexibility index (Phi) is 6.20. The van der Waals surface area contributed by atoms with Crippen molar-refractivity contribution in [3.8, 4) is 5.75 Å². The number of carbonyl (C=O) groups is 1. The van der Waals surface area contributed by atoms with Crippen LogP contribution in [0.1, 0.15) is 12.5 Å². The van der Waals surface area contributed by atoms with Gasteiger partial charge in [0, 0.05) is 6.54 Å². The van der Waals surface area contributed by atoms with E-state index in [1.807, 2.05) is 0 Å². The van der Waals surface area contributed by atoms with E-state index in [2.05, 4.69) is 5.32 Å². The van der Waals surface area contributed by atoms with Gasteiger partial charge in [-0.25, -0.2) is 12.8 Å². The molecule has 140 valence electrons. The van der Waals surface area contributed by atoms with Gasteiger partial charge in [0.1, 0.15) is 17.6 Å². The van der Waals surface area contributed by atoms with Crippen LogP contribution in [0.5, 0.6) is 5.75 Å². The highest BCUT2D eigenvalue weighted by Gasteiger charge is 2.29. The number of anilines is 1. The Morgan fingerprint density at radius 2 is 1.88 bits per heavy atom. The number of rotatable bonds is 7. The van der Waals surface area contributed by atoms with Crippen molar-refractivity contribution in [2.75, 3.05) is 17.7 Å². The number of amides is 1. The number of ether oxygens (including phenoxy) is 1. The topological polar surface area (TPSA) is 75.7 Å². The molecule has 0 aliphatic carbocycles. The van der Waals surface area contributed by atoms with Gasteiger partial charge < -0.3 is 10.1 Å². The van der Waals surface area contributed by atoms with Crippen LogP contribution in [0.2, 0.25) is 0 Å². The molecule has 1 amide bonds. The molecule has 0 aromatic heterocycles. The lowest BCUT2D eigenvalue weighted by Gasteiger charge is -2.28. The minimum atomic E-state index is -3.78. The third-order valence-electron chi connectivity index (χ3n) is 3.78. The minimum Gasteiger partial charge on any atom is -0.497 e. The first-order valence-corrected chi connectivity index (χ1v) is 9.73. The fraction of sp³-hybridized carbons (Fsp3) is 0.278. The number of halogens is 1. The van der Waals surface area contributed by atoms with Crippen molar-refractivity contribution < 1.29 is 22.3 Å². The molecular weight excluding hydrogens is 359 g/mol. The highest BCUT2D eigenvalue weighted by Crippen LogP contribution is 2.21. The molecule has 0 aliphatic rings. The zero-order chi connectivity index (χ0) is 19.3. The van der Waals surface area contributed by atoms with Gasteiger partial charge in [0.2, 0.25) is 15.9 Å². The molecule has 0 bridgehead atoms. The largest absolute Gasteiger partial charge is 0.497 e. The molecule has 2 rings (SSSR count). The molecule has 8 heteroatoms. The van der Waals surface area contributed by atoms with Gasteiger partial charge >= 0.3 is 0 Å². The fourth-order valence-corrected chi connectivity index (χ4v) is 3.67. The number of methoxy groups -OCH3 is 1. The molecule has 0 saturated heterocycles. The van der Waals surface area contributed by atoms with E-state index in [4.69, 9.17) is 4.74 Å². The Balaban J connectivity index is 2.14. The molecule has 0 fully saturated rings. The third kappa shape index (κ3) is 4.95. The molecule has 1 N–H and O–H groups in total. The lowest BCUT2D eigenvalue weighted by Crippen LogP contribution is -2.47. The van der Waals surface area contributed by atoms with Crippen LogP contribution in [-0.4, -0.2) is 33.7 Å². The van der Waals surface area contributed by atoms with Crippen molar-refractivity contribution >= 4 is 21.6 Å². The Bertz CT molecular complexity index is 869. The van der Waals surface area contributed by atoms with Crippen LogP contribution in [0.4, 0.5) is 10.1 Å². The highest BCUT2D eigenvalue weighted by molar-refractivity contribution is 7.92. The van der Waals surface area contributed by atoms with Crippen molar-refractivity contribution in [2.24, 2.45) is 0 Å². The van der Waals surface area contributed by atoms with Crippen molar-refractivity contribution in [3.05, 3.63) is 59.9 Å². The number of nitrogens with one attached hydrogen (secondary N) is 1. The third-order valence-corrected chi connectivity index (χ3v) is 5.02. The van der Waals surface area contributed by atoms with E-state index in [-0.39, 0.29) is 12.2 Å². The number of sulfonamides is 1. The van der Waals surface area contributed by atoms with E-state index in [9.17, 15) is 17.6 Å². The molecule has 6 nitrogen and oxygen atoms in total. The monoisotopic (exact) mass is 380 g/mol. The van der Waals surface area contributed by atoms with E-state index in [1.54, 1.807) is 31.4 Å². The van der Waals surface area contributed by atoms with Crippen LogP contribution >= 0.6 is 0 Å². The zero-order valence-corrected chi connectivity index (χ0v) is 15.6. The highest BCUT2D eigenvalue weighted by atomic mass is 32.2. The van der Waals surface area contributed by atoms with Crippen LogP contribution < -0.4 is 14.4 Å². The lowest BCUT2D eigenvalue weighted by molar-refractivity contribution is -0.122. The smallest absolute Gasteiger partial charge is 0.243 e. The zero-order valence-electron chi connectivity index (χ0n) is 14.8. The summed E-state index contributed by atoms with van der Waals surface area (Å²) >= 11 is 0. The van der Waals surface area contributed by atoms with Crippen molar-refractivity contribution in [3.63, 3.8) is 0 Å². The summed E-state index contributed by atoms with van der Waals surface area (Å²) < 4.78 is 43.7. The molecule has 1 atom stereocenters. The fourth-order valence-electron chi connectivity index (χ4n) is 2.50. The van der Waals surface area contributed by atoms with E-state index < -0.39 is 27.8 Å². The van der Waals surface area contributed by atoms with E-state index >= 15 is 0 Å². The van der Waals surface area contributed by atoms with E-state index in [0.29, 0.717) is 5.75 Å². The molecule has 0 heterocycles. The molecule has 0 aliphatic heterocycles. The standard InChI is InChI=1S/C18H21FN2O4S/c1-13(18(22)20-12-14-7-9-17(25-2)10-8-14)21(26(3,23)24)16-6-4-5-15(19)11-16/h4-11,13H,12H2,1-3H3,(H,20,22)/t13-/m0/s1. The normalized spacial score (nSPS) is 12.3.